The molecule has 0 unspecified atom stereocenters. The fourth-order valence-electron chi connectivity index (χ4n) is 12.5. The highest BCUT2D eigenvalue weighted by Crippen LogP contribution is 2.54. The highest BCUT2D eigenvalue weighted by molar-refractivity contribution is 6.17. The summed E-state index contributed by atoms with van der Waals surface area (Å²) < 4.78 is 36.0. The van der Waals surface area contributed by atoms with Crippen LogP contribution in [0.4, 0.5) is 42.9 Å². The molecule has 0 aromatic heterocycles. The number of hydrogen-bond acceptors (Lipinski definition) is 2. The summed E-state index contributed by atoms with van der Waals surface area (Å²) >= 11 is 0. The molecule has 0 heterocycles. The monoisotopic (exact) mass is 1080 g/mol. The average molecular weight is 1080 g/mol. The van der Waals surface area contributed by atoms with Gasteiger partial charge in [-0.1, -0.05) is 231 Å². The number of benzene rings is 12. The Bertz CT molecular complexity index is 4400. The first kappa shape index (κ1) is 53.0. The Morgan fingerprint density at radius 2 is 0.735 bits per heavy atom. The third-order valence-corrected chi connectivity index (χ3v) is 17.1. The summed E-state index contributed by atoms with van der Waals surface area (Å²) in [6.07, 6.45) is 0. The minimum absolute atomic E-state index is 0.0741. The lowest BCUT2D eigenvalue weighted by Gasteiger charge is -2.37. The minimum Gasteiger partial charge on any atom is -0.308 e. The van der Waals surface area contributed by atoms with E-state index in [-0.39, 0.29) is 22.5 Å². The fraction of sp³-hybridized carbons (Fsp3) is 0.139. The van der Waals surface area contributed by atoms with Crippen LogP contribution in [0.3, 0.4) is 0 Å². The Balaban J connectivity index is 0.999. The average Bonchev–Trinajstić information content (AvgIpc) is 1.69. The Labute approximate surface area is 487 Å². The molecule has 0 fully saturated rings. The number of rotatable bonds is 10. The van der Waals surface area contributed by atoms with E-state index in [1.54, 1.807) is 0 Å². The zero-order valence-corrected chi connectivity index (χ0v) is 48.4. The molecular weight excluding hydrogens is 1010 g/mol. The Morgan fingerprint density at radius 3 is 1.19 bits per heavy atom. The van der Waals surface area contributed by atoms with E-state index in [1.807, 2.05) is 121 Å². The topological polar surface area (TPSA) is 6.48 Å². The van der Waals surface area contributed by atoms with Crippen LogP contribution in [0.2, 0.25) is 0 Å². The van der Waals surface area contributed by atoms with E-state index in [4.69, 9.17) is 0 Å². The summed E-state index contributed by atoms with van der Waals surface area (Å²) in [5.41, 5.74) is 17.3. The SMILES string of the molecule is CC(C)(C)c1ccc(N(c2ccc3c(c2)C(C)(C)c2cccc4c2c-3cc2ccc(N(c3ccc(C(C)(C)C)cc3)c3cc(-c5ccccc5)cc(-c5ccccc5)c3F)cc24)c2cc(-c3ccccc3)cc(-c3ccccc3)c2F)cc1. The molecule has 0 N–H and O–H groups in total. The minimum atomic E-state index is -0.486. The summed E-state index contributed by atoms with van der Waals surface area (Å²) in [5, 5.41) is 4.46. The Hall–Kier alpha value is -9.38. The van der Waals surface area contributed by atoms with Gasteiger partial charge in [-0.3, -0.25) is 0 Å². The first-order chi connectivity index (χ1) is 40.0. The Kier molecular flexibility index (Phi) is 13.1. The van der Waals surface area contributed by atoms with Crippen molar-refractivity contribution in [2.75, 3.05) is 9.80 Å². The highest BCUT2D eigenvalue weighted by Gasteiger charge is 2.36. The van der Waals surface area contributed by atoms with Crippen molar-refractivity contribution < 1.29 is 8.78 Å². The van der Waals surface area contributed by atoms with Crippen LogP contribution in [0, 0.1) is 11.6 Å². The van der Waals surface area contributed by atoms with Crippen molar-refractivity contribution in [1.82, 2.24) is 0 Å². The molecule has 4 heteroatoms. The quantitative estimate of drug-likeness (QED) is 0.126. The van der Waals surface area contributed by atoms with Crippen molar-refractivity contribution >= 4 is 55.7 Å². The number of fused-ring (bicyclic) bond motifs is 4. The van der Waals surface area contributed by atoms with Gasteiger partial charge >= 0.3 is 0 Å². The molecule has 0 saturated heterocycles. The second kappa shape index (κ2) is 20.6. The summed E-state index contributed by atoms with van der Waals surface area (Å²) in [6, 6.07) is 87.8. The van der Waals surface area contributed by atoms with E-state index in [2.05, 4.69) is 199 Å². The first-order valence-electron chi connectivity index (χ1n) is 28.9. The van der Waals surface area contributed by atoms with E-state index in [1.165, 1.54) is 22.1 Å². The molecular formula is C79H66F2N2. The zero-order valence-electron chi connectivity index (χ0n) is 48.4. The molecule has 1 aliphatic rings. The van der Waals surface area contributed by atoms with Gasteiger partial charge in [-0.15, -0.1) is 0 Å². The molecule has 0 atom stereocenters. The smallest absolute Gasteiger partial charge is 0.155 e. The van der Waals surface area contributed by atoms with E-state index < -0.39 is 5.41 Å². The molecule has 0 amide bonds. The van der Waals surface area contributed by atoms with E-state index in [9.17, 15) is 0 Å². The standard InChI is InChI=1S/C79H66F2N2/c1-77(2,3)58-33-38-60(39-34-58)82(72-47-56(51-22-13-9-14-23-51)45-67(75(72)80)53-26-17-11-18-27-53)62-37-32-55-44-69-64-43-42-63(50-71(64)79(7,8)70-31-21-30-65(74(69)70)66(55)49-62)83(61-40-35-59(36-41-61)78(4,5)6)73-48-57(52-24-15-10-16-25-52)46-68(76(73)81)54-28-19-12-20-29-54/h9-50H,1-8H3. The summed E-state index contributed by atoms with van der Waals surface area (Å²) in [6.45, 7) is 17.9. The molecule has 0 aliphatic heterocycles. The normalized spacial score (nSPS) is 12.8. The summed E-state index contributed by atoms with van der Waals surface area (Å²) in [4.78, 5) is 4.21. The molecule has 13 rings (SSSR count). The molecule has 2 nitrogen and oxygen atoms in total. The van der Waals surface area contributed by atoms with Crippen molar-refractivity contribution in [1.29, 1.82) is 0 Å². The van der Waals surface area contributed by atoms with Gasteiger partial charge in [-0.2, -0.15) is 0 Å². The van der Waals surface area contributed by atoms with Crippen molar-refractivity contribution in [2.24, 2.45) is 0 Å². The van der Waals surface area contributed by atoms with Crippen molar-refractivity contribution in [3.63, 3.8) is 0 Å². The highest BCUT2D eigenvalue weighted by atomic mass is 19.1. The molecule has 83 heavy (non-hydrogen) atoms. The van der Waals surface area contributed by atoms with Crippen LogP contribution in [0.1, 0.15) is 77.6 Å². The number of hydrogen-bond donors (Lipinski definition) is 0. The lowest BCUT2D eigenvalue weighted by atomic mass is 9.68. The summed E-state index contributed by atoms with van der Waals surface area (Å²) in [5.74, 6) is -0.591. The van der Waals surface area contributed by atoms with Crippen LogP contribution >= 0.6 is 0 Å². The van der Waals surface area contributed by atoms with E-state index in [0.29, 0.717) is 22.5 Å². The van der Waals surface area contributed by atoms with Crippen LogP contribution in [-0.4, -0.2) is 0 Å². The second-order valence-corrected chi connectivity index (χ2v) is 24.9. The fourth-order valence-corrected chi connectivity index (χ4v) is 12.5. The van der Waals surface area contributed by atoms with Gasteiger partial charge in [0.2, 0.25) is 0 Å². The molecule has 1 aliphatic carbocycles. The van der Waals surface area contributed by atoms with Crippen LogP contribution in [0.5, 0.6) is 0 Å². The van der Waals surface area contributed by atoms with Gasteiger partial charge in [0, 0.05) is 39.3 Å². The summed E-state index contributed by atoms with van der Waals surface area (Å²) in [7, 11) is 0. The van der Waals surface area contributed by atoms with Crippen LogP contribution in [0.25, 0.3) is 77.2 Å². The van der Waals surface area contributed by atoms with Crippen molar-refractivity contribution in [3.8, 4) is 55.6 Å². The molecule has 0 spiro atoms. The molecule has 0 bridgehead atoms. The van der Waals surface area contributed by atoms with Crippen LogP contribution < -0.4 is 9.80 Å². The van der Waals surface area contributed by atoms with Gasteiger partial charge in [0.15, 0.2) is 11.6 Å². The van der Waals surface area contributed by atoms with Gasteiger partial charge < -0.3 is 9.80 Å². The first-order valence-corrected chi connectivity index (χ1v) is 28.9. The molecule has 12 aromatic carbocycles. The largest absolute Gasteiger partial charge is 0.308 e. The number of anilines is 6. The Morgan fingerprint density at radius 1 is 0.313 bits per heavy atom. The van der Waals surface area contributed by atoms with Gasteiger partial charge in [0.1, 0.15) is 0 Å². The van der Waals surface area contributed by atoms with Gasteiger partial charge in [0.25, 0.3) is 0 Å². The zero-order chi connectivity index (χ0) is 57.4. The van der Waals surface area contributed by atoms with E-state index >= 15 is 8.78 Å². The van der Waals surface area contributed by atoms with Gasteiger partial charge in [-0.25, -0.2) is 8.78 Å². The predicted molar refractivity (Wildman–Crippen MR) is 347 cm³/mol. The number of halogens is 2. The predicted octanol–water partition coefficient (Wildman–Crippen LogP) is 22.8. The van der Waals surface area contributed by atoms with Gasteiger partial charge in [-0.05, 0) is 178 Å². The molecule has 0 radical (unpaired) electrons. The third-order valence-electron chi connectivity index (χ3n) is 17.1. The van der Waals surface area contributed by atoms with Crippen LogP contribution in [0.15, 0.2) is 255 Å². The lowest BCUT2D eigenvalue weighted by Crippen LogP contribution is -2.24. The number of nitrogens with zero attached hydrogens (tertiary/aromatic N) is 2. The third kappa shape index (κ3) is 9.56. The van der Waals surface area contributed by atoms with Crippen LogP contribution in [-0.2, 0) is 16.2 Å². The lowest BCUT2D eigenvalue weighted by molar-refractivity contribution is 0.590. The molecule has 12 aromatic rings. The van der Waals surface area contributed by atoms with Gasteiger partial charge in [0.05, 0.1) is 11.4 Å². The second-order valence-electron chi connectivity index (χ2n) is 24.9. The maximum atomic E-state index is 18.0. The maximum absolute atomic E-state index is 18.0. The maximum Gasteiger partial charge on any atom is 0.155 e. The van der Waals surface area contributed by atoms with E-state index in [0.717, 1.165) is 89.0 Å². The van der Waals surface area contributed by atoms with Crippen molar-refractivity contribution in [2.45, 2.75) is 71.6 Å². The molecule has 0 saturated carbocycles. The molecule has 406 valence electrons. The van der Waals surface area contributed by atoms with Crippen molar-refractivity contribution in [3.05, 3.63) is 289 Å².